The van der Waals surface area contributed by atoms with Crippen LogP contribution in [0.3, 0.4) is 0 Å². The van der Waals surface area contributed by atoms with Crippen molar-refractivity contribution in [3.63, 3.8) is 0 Å². The van der Waals surface area contributed by atoms with Gasteiger partial charge in [-0.05, 0) is 42.1 Å². The fourth-order valence-corrected chi connectivity index (χ4v) is 4.86. The van der Waals surface area contributed by atoms with Crippen LogP contribution in [-0.4, -0.2) is 36.2 Å². The van der Waals surface area contributed by atoms with Crippen molar-refractivity contribution in [2.75, 3.05) is 25.5 Å². The molecule has 1 saturated heterocycles. The molecule has 0 unspecified atom stereocenters. The Bertz CT molecular complexity index is 778. The summed E-state index contributed by atoms with van der Waals surface area (Å²) in [5.41, 5.74) is 1.60. The molecule has 1 aliphatic rings. The van der Waals surface area contributed by atoms with Crippen LogP contribution in [0.25, 0.3) is 10.4 Å². The number of hydrogen-bond acceptors (Lipinski definition) is 4. The van der Waals surface area contributed by atoms with Gasteiger partial charge in [0.2, 0.25) is 0 Å². The highest BCUT2D eigenvalue weighted by Crippen LogP contribution is 2.36. The average molecular weight is 389 g/mol. The molecule has 1 aromatic carbocycles. The van der Waals surface area contributed by atoms with Gasteiger partial charge in [-0.1, -0.05) is 44.2 Å². The van der Waals surface area contributed by atoms with Gasteiger partial charge in [0.25, 0.3) is 0 Å². The van der Waals surface area contributed by atoms with Gasteiger partial charge in [0, 0.05) is 18.0 Å². The molecule has 138 valence electrons. The molecule has 0 spiro atoms. The van der Waals surface area contributed by atoms with Crippen molar-refractivity contribution in [1.82, 2.24) is 4.90 Å². The molecule has 4 nitrogen and oxygen atoms in total. The Morgan fingerprint density at radius 1 is 1.23 bits per heavy atom. The van der Waals surface area contributed by atoms with Crippen molar-refractivity contribution < 1.29 is 9.53 Å². The van der Waals surface area contributed by atoms with Crippen LogP contribution in [0.4, 0.5) is 5.00 Å². The predicted molar refractivity (Wildman–Crippen MR) is 112 cm³/mol. The topological polar surface area (TPSA) is 41.6 Å². The maximum Gasteiger partial charge on any atom is 0.340 e. The number of benzene rings is 1. The van der Waals surface area contributed by atoms with Crippen LogP contribution >= 0.6 is 23.6 Å². The maximum atomic E-state index is 12.2. The Hall–Kier alpha value is -1.92. The summed E-state index contributed by atoms with van der Waals surface area (Å²) in [6, 6.07) is 11.9. The second-order valence-electron chi connectivity index (χ2n) is 6.99. The monoisotopic (exact) mass is 388 g/mol. The highest BCUT2D eigenvalue weighted by Gasteiger charge is 2.25. The van der Waals surface area contributed by atoms with E-state index >= 15 is 0 Å². The van der Waals surface area contributed by atoms with Gasteiger partial charge in [-0.25, -0.2) is 4.79 Å². The third-order valence-electron chi connectivity index (χ3n) is 4.57. The van der Waals surface area contributed by atoms with Crippen LogP contribution in [0.5, 0.6) is 0 Å². The van der Waals surface area contributed by atoms with E-state index in [4.69, 9.17) is 17.0 Å². The Balaban J connectivity index is 1.85. The van der Waals surface area contributed by atoms with Crippen molar-refractivity contribution in [2.24, 2.45) is 11.8 Å². The number of nitrogens with zero attached hydrogens (tertiary/aromatic N) is 1. The lowest BCUT2D eigenvalue weighted by molar-refractivity contribution is 0.0602. The van der Waals surface area contributed by atoms with Gasteiger partial charge in [-0.2, -0.15) is 0 Å². The zero-order valence-corrected chi connectivity index (χ0v) is 17.0. The van der Waals surface area contributed by atoms with Crippen molar-refractivity contribution >= 4 is 39.6 Å². The van der Waals surface area contributed by atoms with E-state index in [9.17, 15) is 4.79 Å². The van der Waals surface area contributed by atoms with E-state index in [2.05, 4.69) is 24.1 Å². The van der Waals surface area contributed by atoms with Gasteiger partial charge in [0.15, 0.2) is 5.11 Å². The smallest absolute Gasteiger partial charge is 0.340 e. The van der Waals surface area contributed by atoms with Crippen molar-refractivity contribution in [1.29, 1.82) is 0 Å². The van der Waals surface area contributed by atoms with Crippen LogP contribution in [0.1, 0.15) is 30.6 Å². The molecule has 1 fully saturated rings. The molecule has 2 atom stereocenters. The number of carbonyl (C=O) groups is 1. The van der Waals surface area contributed by atoms with Gasteiger partial charge in [-0.3, -0.25) is 0 Å². The van der Waals surface area contributed by atoms with Gasteiger partial charge >= 0.3 is 5.97 Å². The first-order chi connectivity index (χ1) is 12.5. The van der Waals surface area contributed by atoms with E-state index in [1.54, 1.807) is 0 Å². The molecular formula is C20H24N2O2S2. The van der Waals surface area contributed by atoms with Gasteiger partial charge < -0.3 is 15.0 Å². The second kappa shape index (κ2) is 8.18. The molecule has 0 bridgehead atoms. The largest absolute Gasteiger partial charge is 0.465 e. The molecule has 1 aromatic heterocycles. The highest BCUT2D eigenvalue weighted by molar-refractivity contribution is 7.80. The van der Waals surface area contributed by atoms with Crippen molar-refractivity contribution in [3.05, 3.63) is 42.0 Å². The molecule has 3 rings (SSSR count). The Labute approximate surface area is 164 Å². The van der Waals surface area contributed by atoms with Crippen LogP contribution in [0.15, 0.2) is 36.4 Å². The number of ether oxygens (including phenoxy) is 1. The van der Waals surface area contributed by atoms with E-state index in [1.807, 2.05) is 36.4 Å². The lowest BCUT2D eigenvalue weighted by atomic mass is 9.92. The summed E-state index contributed by atoms with van der Waals surface area (Å²) in [4.78, 5) is 15.4. The van der Waals surface area contributed by atoms with Crippen LogP contribution < -0.4 is 5.32 Å². The normalized spacial score (nSPS) is 19.9. The van der Waals surface area contributed by atoms with E-state index in [0.717, 1.165) is 28.5 Å². The lowest BCUT2D eigenvalue weighted by Gasteiger charge is -2.36. The van der Waals surface area contributed by atoms with Crippen molar-refractivity contribution in [2.45, 2.75) is 20.3 Å². The summed E-state index contributed by atoms with van der Waals surface area (Å²) in [5.74, 6) is 0.873. The minimum absolute atomic E-state index is 0.353. The number of thiocarbonyl (C=S) groups is 1. The molecular weight excluding hydrogens is 364 g/mol. The predicted octanol–water partition coefficient (Wildman–Crippen LogP) is 4.88. The second-order valence-corrected chi connectivity index (χ2v) is 8.43. The molecule has 0 aliphatic carbocycles. The number of methoxy groups -OCH3 is 1. The SMILES string of the molecule is COC(=O)c1cc(-c2ccccc2)sc1NC(=S)N1C[C@H](C)C[C@H](C)C1. The van der Waals surface area contributed by atoms with Gasteiger partial charge in [0.1, 0.15) is 5.00 Å². The number of piperidine rings is 1. The summed E-state index contributed by atoms with van der Waals surface area (Å²) in [7, 11) is 1.40. The molecule has 2 heterocycles. The minimum atomic E-state index is -0.353. The number of anilines is 1. The Kier molecular flexibility index (Phi) is 5.94. The number of rotatable bonds is 3. The third-order valence-corrected chi connectivity index (χ3v) is 6.03. The number of nitrogens with one attached hydrogen (secondary N) is 1. The molecule has 1 N–H and O–H groups in total. The first kappa shape index (κ1) is 18.9. The lowest BCUT2D eigenvalue weighted by Crippen LogP contribution is -2.44. The summed E-state index contributed by atoms with van der Waals surface area (Å²) in [6.07, 6.45) is 1.23. The zero-order valence-electron chi connectivity index (χ0n) is 15.3. The first-order valence-electron chi connectivity index (χ1n) is 8.81. The standard InChI is InChI=1S/C20H24N2O2S2/c1-13-9-14(2)12-22(11-13)20(25)21-18-16(19(23)24-3)10-17(26-18)15-7-5-4-6-8-15/h4-8,10,13-14H,9,11-12H2,1-3H3,(H,21,25)/t13-,14+. The fourth-order valence-electron chi connectivity index (χ4n) is 3.50. The number of carbonyl (C=O) groups excluding carboxylic acids is 1. The zero-order chi connectivity index (χ0) is 18.7. The number of esters is 1. The van der Waals surface area contributed by atoms with Gasteiger partial charge in [0.05, 0.1) is 12.7 Å². The molecule has 0 amide bonds. The molecule has 6 heteroatoms. The molecule has 0 saturated carbocycles. The third kappa shape index (κ3) is 4.24. The van der Waals surface area contributed by atoms with E-state index in [1.165, 1.54) is 24.9 Å². The molecule has 2 aromatic rings. The van der Waals surface area contributed by atoms with Crippen LogP contribution in [-0.2, 0) is 4.74 Å². The Morgan fingerprint density at radius 3 is 2.50 bits per heavy atom. The van der Waals surface area contributed by atoms with E-state index < -0.39 is 0 Å². The number of hydrogen-bond donors (Lipinski definition) is 1. The average Bonchev–Trinajstić information content (AvgIpc) is 3.04. The summed E-state index contributed by atoms with van der Waals surface area (Å²) in [5, 5.41) is 4.72. The number of likely N-dealkylation sites (tertiary alicyclic amines) is 1. The van der Waals surface area contributed by atoms with Crippen LogP contribution in [0, 0.1) is 11.8 Å². The molecule has 26 heavy (non-hydrogen) atoms. The van der Waals surface area contributed by atoms with Crippen LogP contribution in [0.2, 0.25) is 0 Å². The molecule has 1 aliphatic heterocycles. The first-order valence-corrected chi connectivity index (χ1v) is 10.0. The summed E-state index contributed by atoms with van der Waals surface area (Å²) >= 11 is 7.16. The summed E-state index contributed by atoms with van der Waals surface area (Å²) in [6.45, 7) is 6.40. The Morgan fingerprint density at radius 2 is 1.88 bits per heavy atom. The van der Waals surface area contributed by atoms with E-state index in [0.29, 0.717) is 22.5 Å². The summed E-state index contributed by atoms with van der Waals surface area (Å²) < 4.78 is 4.96. The van der Waals surface area contributed by atoms with Crippen molar-refractivity contribution in [3.8, 4) is 10.4 Å². The highest BCUT2D eigenvalue weighted by atomic mass is 32.1. The molecule has 0 radical (unpaired) electrons. The van der Waals surface area contributed by atoms with Gasteiger partial charge in [-0.15, -0.1) is 11.3 Å². The fraction of sp³-hybridized carbons (Fsp3) is 0.400. The minimum Gasteiger partial charge on any atom is -0.465 e. The van der Waals surface area contributed by atoms with E-state index in [-0.39, 0.29) is 5.97 Å². The number of thiophene rings is 1. The maximum absolute atomic E-state index is 12.2. The quantitative estimate of drug-likeness (QED) is 0.600.